The number of piperidine rings is 1. The highest BCUT2D eigenvalue weighted by molar-refractivity contribution is 5.85. The average molecular weight is 294 g/mol. The van der Waals surface area contributed by atoms with E-state index in [2.05, 4.69) is 25.5 Å². The van der Waals surface area contributed by atoms with Crippen LogP contribution in [0.25, 0.3) is 11.0 Å². The van der Waals surface area contributed by atoms with Gasteiger partial charge in [0.05, 0.1) is 18.1 Å². The van der Waals surface area contributed by atoms with Crippen molar-refractivity contribution in [2.45, 2.75) is 12.6 Å². The molecule has 0 saturated carbocycles. The summed E-state index contributed by atoms with van der Waals surface area (Å²) in [7, 11) is 0. The lowest BCUT2D eigenvalue weighted by molar-refractivity contribution is 0.0799. The molecular formula is C12H15FN6O2. The summed E-state index contributed by atoms with van der Waals surface area (Å²) in [4.78, 5) is 20.1. The van der Waals surface area contributed by atoms with E-state index in [-0.39, 0.29) is 12.5 Å². The molecule has 3 heterocycles. The SMILES string of the molecule is O=C(O)N1CCC(CNc2ncnc3[nH]ncc23)C(F)C1. The van der Waals surface area contributed by atoms with Crippen LogP contribution in [-0.2, 0) is 0 Å². The van der Waals surface area contributed by atoms with Crippen LogP contribution in [0.2, 0.25) is 0 Å². The van der Waals surface area contributed by atoms with Crippen molar-refractivity contribution in [1.29, 1.82) is 0 Å². The molecule has 9 heteroatoms. The Balaban J connectivity index is 1.63. The number of likely N-dealkylation sites (tertiary alicyclic amines) is 1. The van der Waals surface area contributed by atoms with Crippen LogP contribution in [0, 0.1) is 5.92 Å². The largest absolute Gasteiger partial charge is 0.465 e. The third-order valence-electron chi connectivity index (χ3n) is 3.73. The number of hydrogen-bond acceptors (Lipinski definition) is 5. The fraction of sp³-hybridized carbons (Fsp3) is 0.500. The minimum Gasteiger partial charge on any atom is -0.465 e. The lowest BCUT2D eigenvalue weighted by Gasteiger charge is -2.33. The Kier molecular flexibility index (Phi) is 3.55. The number of amides is 1. The van der Waals surface area contributed by atoms with Crippen molar-refractivity contribution in [3.8, 4) is 0 Å². The summed E-state index contributed by atoms with van der Waals surface area (Å²) in [6.45, 7) is 0.672. The van der Waals surface area contributed by atoms with E-state index in [0.29, 0.717) is 31.0 Å². The predicted octanol–water partition coefficient (Wildman–Crippen LogP) is 1.10. The van der Waals surface area contributed by atoms with Gasteiger partial charge in [0.15, 0.2) is 5.65 Å². The summed E-state index contributed by atoms with van der Waals surface area (Å²) >= 11 is 0. The molecule has 2 unspecified atom stereocenters. The molecule has 1 aliphatic heterocycles. The Morgan fingerprint density at radius 1 is 1.57 bits per heavy atom. The van der Waals surface area contributed by atoms with Gasteiger partial charge in [-0.05, 0) is 6.42 Å². The summed E-state index contributed by atoms with van der Waals surface area (Å²) in [5.74, 6) is 0.360. The highest BCUT2D eigenvalue weighted by atomic mass is 19.1. The molecule has 2 aromatic rings. The molecule has 112 valence electrons. The predicted molar refractivity (Wildman–Crippen MR) is 72.8 cm³/mol. The van der Waals surface area contributed by atoms with Gasteiger partial charge in [-0.2, -0.15) is 5.10 Å². The number of rotatable bonds is 3. The van der Waals surface area contributed by atoms with Gasteiger partial charge in [-0.25, -0.2) is 19.2 Å². The van der Waals surface area contributed by atoms with Gasteiger partial charge in [0.2, 0.25) is 0 Å². The molecule has 0 spiro atoms. The van der Waals surface area contributed by atoms with E-state index < -0.39 is 12.3 Å². The quantitative estimate of drug-likeness (QED) is 0.782. The number of aromatic amines is 1. The highest BCUT2D eigenvalue weighted by Crippen LogP contribution is 2.23. The second-order valence-electron chi connectivity index (χ2n) is 5.03. The summed E-state index contributed by atoms with van der Waals surface area (Å²) in [5.41, 5.74) is 0.616. The zero-order valence-electron chi connectivity index (χ0n) is 11.2. The van der Waals surface area contributed by atoms with Crippen molar-refractivity contribution in [3.63, 3.8) is 0 Å². The van der Waals surface area contributed by atoms with Crippen molar-refractivity contribution in [2.24, 2.45) is 5.92 Å². The molecule has 8 nitrogen and oxygen atoms in total. The monoisotopic (exact) mass is 294 g/mol. The topological polar surface area (TPSA) is 107 Å². The van der Waals surface area contributed by atoms with Crippen molar-refractivity contribution in [1.82, 2.24) is 25.1 Å². The molecule has 1 aliphatic rings. The number of aromatic nitrogens is 4. The maximum Gasteiger partial charge on any atom is 0.407 e. The number of alkyl halides is 1. The first-order valence-corrected chi connectivity index (χ1v) is 6.65. The molecule has 1 fully saturated rings. The summed E-state index contributed by atoms with van der Waals surface area (Å²) in [6.07, 6.45) is 1.25. The van der Waals surface area contributed by atoms with Crippen molar-refractivity contribution >= 4 is 22.9 Å². The van der Waals surface area contributed by atoms with Gasteiger partial charge >= 0.3 is 6.09 Å². The van der Waals surface area contributed by atoms with Crippen LogP contribution < -0.4 is 5.32 Å². The fourth-order valence-electron chi connectivity index (χ4n) is 2.49. The Morgan fingerprint density at radius 2 is 2.43 bits per heavy atom. The van der Waals surface area contributed by atoms with Gasteiger partial charge in [-0.3, -0.25) is 5.10 Å². The maximum absolute atomic E-state index is 14.0. The summed E-state index contributed by atoms with van der Waals surface area (Å²) < 4.78 is 14.0. The lowest BCUT2D eigenvalue weighted by Crippen LogP contribution is -2.46. The number of H-pyrrole nitrogens is 1. The minimum absolute atomic E-state index is 0.0768. The van der Waals surface area contributed by atoms with E-state index in [4.69, 9.17) is 5.11 Å². The first kappa shape index (κ1) is 13.5. The lowest BCUT2D eigenvalue weighted by atomic mass is 9.95. The van der Waals surface area contributed by atoms with E-state index in [0.717, 1.165) is 10.3 Å². The van der Waals surface area contributed by atoms with E-state index >= 15 is 0 Å². The second-order valence-corrected chi connectivity index (χ2v) is 5.03. The molecule has 0 radical (unpaired) electrons. The molecule has 1 amide bonds. The van der Waals surface area contributed by atoms with Crippen LogP contribution in [0.15, 0.2) is 12.5 Å². The van der Waals surface area contributed by atoms with E-state index in [1.165, 1.54) is 6.33 Å². The van der Waals surface area contributed by atoms with Gasteiger partial charge < -0.3 is 15.3 Å². The Bertz CT molecular complexity index is 647. The van der Waals surface area contributed by atoms with Gasteiger partial charge in [-0.15, -0.1) is 0 Å². The summed E-state index contributed by atoms with van der Waals surface area (Å²) in [5, 5.41) is 19.3. The molecule has 21 heavy (non-hydrogen) atoms. The van der Waals surface area contributed by atoms with E-state index in [1.54, 1.807) is 6.20 Å². The number of anilines is 1. The number of carbonyl (C=O) groups is 1. The molecule has 0 aliphatic carbocycles. The van der Waals surface area contributed by atoms with Crippen LogP contribution >= 0.6 is 0 Å². The van der Waals surface area contributed by atoms with Crippen molar-refractivity contribution in [3.05, 3.63) is 12.5 Å². The molecule has 2 atom stereocenters. The highest BCUT2D eigenvalue weighted by Gasteiger charge is 2.31. The second kappa shape index (κ2) is 5.51. The molecule has 3 N–H and O–H groups in total. The van der Waals surface area contributed by atoms with E-state index in [9.17, 15) is 9.18 Å². The number of carboxylic acid groups (broad SMARTS) is 1. The molecule has 1 saturated heterocycles. The zero-order chi connectivity index (χ0) is 14.8. The summed E-state index contributed by atoms with van der Waals surface area (Å²) in [6, 6.07) is 0. The van der Waals surface area contributed by atoms with Gasteiger partial charge in [0.1, 0.15) is 18.3 Å². The molecular weight excluding hydrogens is 279 g/mol. The third-order valence-corrected chi connectivity index (χ3v) is 3.73. The van der Waals surface area contributed by atoms with Crippen molar-refractivity contribution < 1.29 is 14.3 Å². The number of halogens is 1. The van der Waals surface area contributed by atoms with Gasteiger partial charge in [0.25, 0.3) is 0 Å². The standard InChI is InChI=1S/C12H15FN6O2/c13-9-5-19(12(20)21)2-1-7(9)3-14-10-8-4-17-18-11(8)16-6-15-10/h4,6-7,9H,1-3,5H2,(H,20,21)(H2,14,15,16,17,18). The van der Waals surface area contributed by atoms with Crippen LogP contribution in [0.4, 0.5) is 15.0 Å². The molecule has 0 aromatic carbocycles. The fourth-order valence-corrected chi connectivity index (χ4v) is 2.49. The van der Waals surface area contributed by atoms with Crippen molar-refractivity contribution in [2.75, 3.05) is 25.0 Å². The molecule has 2 aromatic heterocycles. The minimum atomic E-state index is -1.18. The number of nitrogens with one attached hydrogen (secondary N) is 2. The number of nitrogens with zero attached hydrogens (tertiary/aromatic N) is 4. The zero-order valence-corrected chi connectivity index (χ0v) is 11.2. The van der Waals surface area contributed by atoms with Crippen LogP contribution in [0.1, 0.15) is 6.42 Å². The molecule has 0 bridgehead atoms. The van der Waals surface area contributed by atoms with Crippen LogP contribution in [0.3, 0.4) is 0 Å². The maximum atomic E-state index is 14.0. The van der Waals surface area contributed by atoms with E-state index in [1.807, 2.05) is 0 Å². The molecule has 3 rings (SSSR count). The van der Waals surface area contributed by atoms with Crippen LogP contribution in [0.5, 0.6) is 0 Å². The number of hydrogen-bond donors (Lipinski definition) is 3. The Labute approximate surface area is 119 Å². The normalized spacial score (nSPS) is 22.4. The van der Waals surface area contributed by atoms with Gasteiger partial charge in [0, 0.05) is 19.0 Å². The third kappa shape index (κ3) is 2.71. The van der Waals surface area contributed by atoms with Gasteiger partial charge in [-0.1, -0.05) is 0 Å². The average Bonchev–Trinajstić information content (AvgIpc) is 2.94. The first-order chi connectivity index (χ1) is 10.1. The Hall–Kier alpha value is -2.45. The van der Waals surface area contributed by atoms with Crippen LogP contribution in [-0.4, -0.2) is 62.1 Å². The number of fused-ring (bicyclic) bond motifs is 1. The first-order valence-electron chi connectivity index (χ1n) is 6.65. The smallest absolute Gasteiger partial charge is 0.407 e. The Morgan fingerprint density at radius 3 is 3.19 bits per heavy atom.